The Morgan fingerprint density at radius 1 is 0.950 bits per heavy atom. The Labute approximate surface area is 120 Å². The molecule has 2 heteroatoms. The molecule has 0 spiro atoms. The van der Waals surface area contributed by atoms with Crippen LogP contribution in [0.5, 0.6) is 0 Å². The minimum absolute atomic E-state index is 0.0508. The molecule has 2 rings (SSSR count). The standard InChI is InChI=1S/C18H21NO/c1-3-16(20)18(19-2)17(14-10-6-4-7-11-14)15-12-8-5-9-13-15/h4-13,17-19H,3H2,1-2H3. The smallest absolute Gasteiger partial charge is 0.150 e. The second kappa shape index (κ2) is 7.01. The Kier molecular flexibility index (Phi) is 5.08. The second-order valence-electron chi connectivity index (χ2n) is 4.89. The van der Waals surface area contributed by atoms with Crippen molar-refractivity contribution < 1.29 is 4.79 Å². The molecule has 0 bridgehead atoms. The van der Waals surface area contributed by atoms with Gasteiger partial charge in [0.05, 0.1) is 6.04 Å². The Balaban J connectivity index is 2.47. The molecule has 0 fully saturated rings. The zero-order valence-electron chi connectivity index (χ0n) is 12.0. The molecular weight excluding hydrogens is 246 g/mol. The first-order chi connectivity index (χ1) is 9.77. The number of hydrogen-bond acceptors (Lipinski definition) is 2. The third kappa shape index (κ3) is 3.14. The number of likely N-dealkylation sites (N-methyl/N-ethyl adjacent to an activating group) is 1. The van der Waals surface area contributed by atoms with E-state index in [1.165, 1.54) is 11.1 Å². The van der Waals surface area contributed by atoms with Gasteiger partial charge in [0.1, 0.15) is 5.78 Å². The van der Waals surface area contributed by atoms with Gasteiger partial charge in [-0.25, -0.2) is 0 Å². The van der Waals surface area contributed by atoms with Crippen molar-refractivity contribution in [2.24, 2.45) is 0 Å². The van der Waals surface area contributed by atoms with Crippen LogP contribution in [-0.4, -0.2) is 18.9 Å². The molecule has 0 aliphatic carbocycles. The van der Waals surface area contributed by atoms with Gasteiger partial charge in [-0.2, -0.15) is 0 Å². The highest BCUT2D eigenvalue weighted by Crippen LogP contribution is 2.28. The van der Waals surface area contributed by atoms with E-state index in [1.807, 2.05) is 50.4 Å². The van der Waals surface area contributed by atoms with Gasteiger partial charge in [0, 0.05) is 12.3 Å². The lowest BCUT2D eigenvalue weighted by atomic mass is 9.82. The van der Waals surface area contributed by atoms with Gasteiger partial charge in [0.15, 0.2) is 0 Å². The van der Waals surface area contributed by atoms with Crippen LogP contribution >= 0.6 is 0 Å². The zero-order valence-corrected chi connectivity index (χ0v) is 12.0. The highest BCUT2D eigenvalue weighted by atomic mass is 16.1. The van der Waals surface area contributed by atoms with Gasteiger partial charge in [-0.15, -0.1) is 0 Å². The fraction of sp³-hybridized carbons (Fsp3) is 0.278. The predicted octanol–water partition coefficient (Wildman–Crippen LogP) is 3.39. The topological polar surface area (TPSA) is 29.1 Å². The number of nitrogens with one attached hydrogen (secondary N) is 1. The Hall–Kier alpha value is -1.93. The van der Waals surface area contributed by atoms with Crippen molar-refractivity contribution in [3.8, 4) is 0 Å². The molecule has 0 amide bonds. The van der Waals surface area contributed by atoms with Gasteiger partial charge in [-0.3, -0.25) is 4.79 Å². The fourth-order valence-corrected chi connectivity index (χ4v) is 2.63. The maximum Gasteiger partial charge on any atom is 0.150 e. The third-order valence-electron chi connectivity index (χ3n) is 3.66. The summed E-state index contributed by atoms with van der Waals surface area (Å²) in [6.45, 7) is 1.92. The van der Waals surface area contributed by atoms with Crippen molar-refractivity contribution in [2.45, 2.75) is 25.3 Å². The quantitative estimate of drug-likeness (QED) is 0.869. The van der Waals surface area contributed by atoms with Gasteiger partial charge in [0.2, 0.25) is 0 Å². The molecule has 104 valence electrons. The minimum atomic E-state index is -0.190. The van der Waals surface area contributed by atoms with Gasteiger partial charge in [0.25, 0.3) is 0 Å². The lowest BCUT2D eigenvalue weighted by Crippen LogP contribution is -2.39. The van der Waals surface area contributed by atoms with Crippen LogP contribution in [0.2, 0.25) is 0 Å². The number of hydrogen-bond donors (Lipinski definition) is 1. The molecular formula is C18H21NO. The van der Waals surface area contributed by atoms with E-state index < -0.39 is 0 Å². The van der Waals surface area contributed by atoms with Crippen LogP contribution < -0.4 is 5.32 Å². The van der Waals surface area contributed by atoms with E-state index in [1.54, 1.807) is 0 Å². The van der Waals surface area contributed by atoms with Crippen molar-refractivity contribution in [1.82, 2.24) is 5.32 Å². The highest BCUT2D eigenvalue weighted by Gasteiger charge is 2.28. The van der Waals surface area contributed by atoms with Crippen molar-refractivity contribution in [3.63, 3.8) is 0 Å². The van der Waals surface area contributed by atoms with Crippen molar-refractivity contribution in [3.05, 3.63) is 71.8 Å². The maximum absolute atomic E-state index is 12.3. The molecule has 0 saturated heterocycles. The van der Waals surface area contributed by atoms with E-state index in [9.17, 15) is 4.79 Å². The number of ketones is 1. The van der Waals surface area contributed by atoms with Crippen molar-refractivity contribution >= 4 is 5.78 Å². The van der Waals surface area contributed by atoms with Gasteiger partial charge in [-0.1, -0.05) is 67.6 Å². The normalized spacial score (nSPS) is 12.3. The summed E-state index contributed by atoms with van der Waals surface area (Å²) in [6.07, 6.45) is 0.543. The van der Waals surface area contributed by atoms with Gasteiger partial charge in [-0.05, 0) is 18.2 Å². The van der Waals surface area contributed by atoms with Crippen LogP contribution in [0.25, 0.3) is 0 Å². The number of carbonyl (C=O) groups excluding carboxylic acids is 1. The first-order valence-corrected chi connectivity index (χ1v) is 7.07. The molecule has 2 aromatic rings. The Morgan fingerprint density at radius 3 is 1.75 bits per heavy atom. The second-order valence-corrected chi connectivity index (χ2v) is 4.89. The van der Waals surface area contributed by atoms with E-state index in [0.717, 1.165) is 0 Å². The number of benzene rings is 2. The van der Waals surface area contributed by atoms with E-state index >= 15 is 0 Å². The molecule has 1 unspecified atom stereocenters. The largest absolute Gasteiger partial charge is 0.310 e. The van der Waals surface area contributed by atoms with Crippen LogP contribution in [0.1, 0.15) is 30.4 Å². The van der Waals surface area contributed by atoms with E-state index in [2.05, 4.69) is 29.6 Å². The van der Waals surface area contributed by atoms with Crippen LogP contribution in [0.3, 0.4) is 0 Å². The summed E-state index contributed by atoms with van der Waals surface area (Å²) in [4.78, 5) is 12.3. The Bertz CT molecular complexity index is 496. The first-order valence-electron chi connectivity index (χ1n) is 7.07. The first kappa shape index (κ1) is 14.5. The molecule has 0 saturated carbocycles. The molecule has 1 N–H and O–H groups in total. The summed E-state index contributed by atoms with van der Waals surface area (Å²) < 4.78 is 0. The monoisotopic (exact) mass is 267 g/mol. The highest BCUT2D eigenvalue weighted by molar-refractivity contribution is 5.85. The summed E-state index contributed by atoms with van der Waals surface area (Å²) in [5, 5.41) is 3.20. The predicted molar refractivity (Wildman–Crippen MR) is 82.9 cm³/mol. The van der Waals surface area contributed by atoms with Crippen molar-refractivity contribution in [2.75, 3.05) is 7.05 Å². The Morgan fingerprint density at radius 2 is 1.40 bits per heavy atom. The van der Waals surface area contributed by atoms with Gasteiger partial charge < -0.3 is 5.32 Å². The molecule has 2 aromatic carbocycles. The van der Waals surface area contributed by atoms with Crippen LogP contribution in [0.4, 0.5) is 0 Å². The molecule has 0 aromatic heterocycles. The summed E-state index contributed by atoms with van der Waals surface area (Å²) in [5.74, 6) is 0.292. The fourth-order valence-electron chi connectivity index (χ4n) is 2.63. The molecule has 0 radical (unpaired) electrons. The molecule has 2 nitrogen and oxygen atoms in total. The molecule has 1 atom stereocenters. The maximum atomic E-state index is 12.3. The summed E-state index contributed by atoms with van der Waals surface area (Å²) >= 11 is 0. The SMILES string of the molecule is CCC(=O)C(NC)C(c1ccccc1)c1ccccc1. The van der Waals surface area contributed by atoms with Crippen LogP contribution in [-0.2, 0) is 4.79 Å². The average molecular weight is 267 g/mol. The summed E-state index contributed by atoms with van der Waals surface area (Å²) in [5.41, 5.74) is 2.33. The zero-order chi connectivity index (χ0) is 14.4. The van der Waals surface area contributed by atoms with Crippen LogP contribution in [0.15, 0.2) is 60.7 Å². The number of carbonyl (C=O) groups is 1. The summed E-state index contributed by atoms with van der Waals surface area (Å²) in [6, 6.07) is 20.3. The van der Waals surface area contributed by atoms with Gasteiger partial charge >= 0.3 is 0 Å². The molecule has 20 heavy (non-hydrogen) atoms. The lowest BCUT2D eigenvalue weighted by molar-refractivity contribution is -0.120. The minimum Gasteiger partial charge on any atom is -0.310 e. The van der Waals surface area contributed by atoms with E-state index in [0.29, 0.717) is 6.42 Å². The van der Waals surface area contributed by atoms with Crippen LogP contribution in [0, 0.1) is 0 Å². The molecule has 0 heterocycles. The van der Waals surface area contributed by atoms with Crippen molar-refractivity contribution in [1.29, 1.82) is 0 Å². The average Bonchev–Trinajstić information content (AvgIpc) is 2.53. The summed E-state index contributed by atoms with van der Waals surface area (Å²) in [7, 11) is 1.86. The van der Waals surface area contributed by atoms with E-state index in [4.69, 9.17) is 0 Å². The number of rotatable bonds is 6. The van der Waals surface area contributed by atoms with E-state index in [-0.39, 0.29) is 17.7 Å². The third-order valence-corrected chi connectivity index (χ3v) is 3.66. The molecule has 0 aliphatic heterocycles. The molecule has 0 aliphatic rings. The lowest BCUT2D eigenvalue weighted by Gasteiger charge is -2.26. The number of Topliss-reactive ketones (excluding diaryl/α,β-unsaturated/α-hetero) is 1.